The van der Waals surface area contributed by atoms with E-state index in [4.69, 9.17) is 0 Å². The highest BCUT2D eigenvalue weighted by Crippen LogP contribution is 2.06. The van der Waals surface area contributed by atoms with Crippen LogP contribution in [0, 0.1) is 0 Å². The first-order chi connectivity index (χ1) is 4.81. The molecule has 0 saturated carbocycles. The third kappa shape index (κ3) is 5.54. The molecule has 0 aliphatic rings. The second kappa shape index (κ2) is 6.52. The smallest absolute Gasteiger partial charge is 0.295 e. The minimum absolute atomic E-state index is 0.149. The molecular formula is C7H13FO2. The standard InChI is InChI=1S/C7H13FO2/c1-2-3-4-5-7(8)10-6-9/h6-7H,2-5H2,1H3. The van der Waals surface area contributed by atoms with E-state index in [2.05, 4.69) is 4.74 Å². The maximum atomic E-state index is 12.3. The molecule has 0 N–H and O–H groups in total. The van der Waals surface area contributed by atoms with Crippen LogP contribution in [0.2, 0.25) is 0 Å². The number of carbonyl (C=O) groups is 1. The van der Waals surface area contributed by atoms with Gasteiger partial charge in [-0.25, -0.2) is 4.39 Å². The van der Waals surface area contributed by atoms with Crippen molar-refractivity contribution < 1.29 is 13.9 Å². The van der Waals surface area contributed by atoms with Crippen LogP contribution >= 0.6 is 0 Å². The van der Waals surface area contributed by atoms with Gasteiger partial charge >= 0.3 is 0 Å². The van der Waals surface area contributed by atoms with Gasteiger partial charge in [0.05, 0.1) is 0 Å². The van der Waals surface area contributed by atoms with Crippen molar-refractivity contribution in [3.63, 3.8) is 0 Å². The summed E-state index contributed by atoms with van der Waals surface area (Å²) in [7, 11) is 0. The first-order valence-electron chi connectivity index (χ1n) is 3.54. The van der Waals surface area contributed by atoms with Crippen molar-refractivity contribution in [2.45, 2.75) is 39.0 Å². The summed E-state index contributed by atoms with van der Waals surface area (Å²) in [4.78, 5) is 9.59. The molecule has 10 heavy (non-hydrogen) atoms. The van der Waals surface area contributed by atoms with Gasteiger partial charge < -0.3 is 4.74 Å². The Labute approximate surface area is 60.4 Å². The van der Waals surface area contributed by atoms with Crippen LogP contribution in [0.1, 0.15) is 32.6 Å². The zero-order chi connectivity index (χ0) is 7.82. The van der Waals surface area contributed by atoms with E-state index >= 15 is 0 Å². The predicted molar refractivity (Wildman–Crippen MR) is 36.2 cm³/mol. The molecule has 0 aromatic heterocycles. The molecule has 0 bridgehead atoms. The van der Waals surface area contributed by atoms with Crippen molar-refractivity contribution in [2.75, 3.05) is 0 Å². The molecule has 1 unspecified atom stereocenters. The maximum Gasteiger partial charge on any atom is 0.295 e. The Balaban J connectivity index is 3.04. The average molecular weight is 148 g/mol. The lowest BCUT2D eigenvalue weighted by Gasteiger charge is -2.03. The zero-order valence-electron chi connectivity index (χ0n) is 6.18. The maximum absolute atomic E-state index is 12.3. The van der Waals surface area contributed by atoms with E-state index in [1.165, 1.54) is 0 Å². The summed E-state index contributed by atoms with van der Waals surface area (Å²) < 4.78 is 16.3. The predicted octanol–water partition coefficient (Wildman–Crippen LogP) is 2.04. The SMILES string of the molecule is CCCCCC(F)OC=O. The second-order valence-corrected chi connectivity index (χ2v) is 2.14. The third-order valence-corrected chi connectivity index (χ3v) is 1.24. The van der Waals surface area contributed by atoms with Crippen molar-refractivity contribution in [3.8, 4) is 0 Å². The average Bonchev–Trinajstić information content (AvgIpc) is 1.89. The van der Waals surface area contributed by atoms with Crippen LogP contribution in [-0.4, -0.2) is 12.8 Å². The number of alkyl halides is 1. The molecule has 1 atom stereocenters. The summed E-state index contributed by atoms with van der Waals surface area (Å²) in [5.74, 6) is 0. The first kappa shape index (κ1) is 9.40. The van der Waals surface area contributed by atoms with Gasteiger partial charge in [-0.3, -0.25) is 4.79 Å². The van der Waals surface area contributed by atoms with E-state index in [1.807, 2.05) is 6.92 Å². The van der Waals surface area contributed by atoms with Gasteiger partial charge in [0, 0.05) is 6.42 Å². The van der Waals surface area contributed by atoms with E-state index in [-0.39, 0.29) is 6.47 Å². The highest BCUT2D eigenvalue weighted by atomic mass is 19.1. The molecule has 0 aliphatic heterocycles. The Morgan fingerprint density at radius 1 is 1.60 bits per heavy atom. The third-order valence-electron chi connectivity index (χ3n) is 1.24. The summed E-state index contributed by atoms with van der Waals surface area (Å²) in [5, 5.41) is 0. The Morgan fingerprint density at radius 2 is 2.30 bits per heavy atom. The van der Waals surface area contributed by atoms with E-state index in [9.17, 15) is 9.18 Å². The normalized spacial score (nSPS) is 12.6. The number of carbonyl (C=O) groups excluding carboxylic acids is 1. The Morgan fingerprint density at radius 3 is 2.80 bits per heavy atom. The van der Waals surface area contributed by atoms with E-state index < -0.39 is 6.36 Å². The highest BCUT2D eigenvalue weighted by Gasteiger charge is 2.03. The molecule has 0 aliphatic carbocycles. The van der Waals surface area contributed by atoms with Gasteiger partial charge in [-0.15, -0.1) is 0 Å². The van der Waals surface area contributed by atoms with Crippen LogP contribution in [0.25, 0.3) is 0 Å². The Hall–Kier alpha value is -0.600. The van der Waals surface area contributed by atoms with Crippen LogP contribution in [0.4, 0.5) is 4.39 Å². The van der Waals surface area contributed by atoms with Gasteiger partial charge in [0.1, 0.15) is 0 Å². The highest BCUT2D eigenvalue weighted by molar-refractivity contribution is 5.37. The molecule has 0 amide bonds. The van der Waals surface area contributed by atoms with Gasteiger partial charge in [-0.05, 0) is 6.42 Å². The fraction of sp³-hybridized carbons (Fsp3) is 0.857. The number of hydrogen-bond acceptors (Lipinski definition) is 2. The quantitative estimate of drug-likeness (QED) is 0.425. The van der Waals surface area contributed by atoms with Gasteiger partial charge in [-0.1, -0.05) is 19.8 Å². The molecule has 0 heterocycles. The van der Waals surface area contributed by atoms with Crippen LogP contribution < -0.4 is 0 Å². The number of ether oxygens (including phenoxy) is 1. The van der Waals surface area contributed by atoms with E-state index in [0.717, 1.165) is 19.3 Å². The minimum atomic E-state index is -1.40. The summed E-state index contributed by atoms with van der Waals surface area (Å²) in [5.41, 5.74) is 0. The van der Waals surface area contributed by atoms with Crippen LogP contribution in [0.5, 0.6) is 0 Å². The molecule has 0 rings (SSSR count). The lowest BCUT2D eigenvalue weighted by molar-refractivity contribution is -0.142. The molecule has 0 saturated heterocycles. The number of hydrogen-bond donors (Lipinski definition) is 0. The van der Waals surface area contributed by atoms with Crippen LogP contribution in [0.15, 0.2) is 0 Å². The largest absolute Gasteiger partial charge is 0.433 e. The van der Waals surface area contributed by atoms with Gasteiger partial charge in [0.15, 0.2) is 0 Å². The molecule has 0 spiro atoms. The molecule has 2 nitrogen and oxygen atoms in total. The summed E-state index contributed by atoms with van der Waals surface area (Å²) in [6.07, 6.45) is 1.75. The Bertz CT molecular complexity index is 85.7. The molecular weight excluding hydrogens is 135 g/mol. The Kier molecular flexibility index (Phi) is 6.13. The molecule has 0 aromatic rings. The summed E-state index contributed by atoms with van der Waals surface area (Å²) in [6, 6.07) is 0. The minimum Gasteiger partial charge on any atom is -0.433 e. The van der Waals surface area contributed by atoms with Gasteiger partial charge in [0.25, 0.3) is 6.47 Å². The van der Waals surface area contributed by atoms with Crippen molar-refractivity contribution in [3.05, 3.63) is 0 Å². The number of rotatable bonds is 6. The van der Waals surface area contributed by atoms with Crippen LogP contribution in [0.3, 0.4) is 0 Å². The lowest BCUT2D eigenvalue weighted by Crippen LogP contribution is -2.03. The molecule has 60 valence electrons. The van der Waals surface area contributed by atoms with Crippen molar-refractivity contribution >= 4 is 6.47 Å². The first-order valence-corrected chi connectivity index (χ1v) is 3.54. The molecule has 0 aromatic carbocycles. The monoisotopic (exact) mass is 148 g/mol. The van der Waals surface area contributed by atoms with E-state index in [1.54, 1.807) is 0 Å². The van der Waals surface area contributed by atoms with E-state index in [0.29, 0.717) is 6.42 Å². The van der Waals surface area contributed by atoms with Crippen LogP contribution in [-0.2, 0) is 9.53 Å². The summed E-state index contributed by atoms with van der Waals surface area (Å²) in [6.45, 7) is 2.18. The molecule has 0 radical (unpaired) electrons. The topological polar surface area (TPSA) is 26.3 Å². The zero-order valence-corrected chi connectivity index (χ0v) is 6.18. The fourth-order valence-electron chi connectivity index (χ4n) is 0.683. The molecule has 0 fully saturated rings. The van der Waals surface area contributed by atoms with Crippen molar-refractivity contribution in [1.82, 2.24) is 0 Å². The lowest BCUT2D eigenvalue weighted by atomic mass is 10.2. The fourth-order valence-corrected chi connectivity index (χ4v) is 0.683. The van der Waals surface area contributed by atoms with Crippen molar-refractivity contribution in [2.24, 2.45) is 0 Å². The number of halogens is 1. The second-order valence-electron chi connectivity index (χ2n) is 2.14. The summed E-state index contributed by atoms with van der Waals surface area (Å²) >= 11 is 0. The molecule has 3 heteroatoms. The van der Waals surface area contributed by atoms with Gasteiger partial charge in [0.2, 0.25) is 6.36 Å². The van der Waals surface area contributed by atoms with Gasteiger partial charge in [-0.2, -0.15) is 0 Å². The van der Waals surface area contributed by atoms with Crippen molar-refractivity contribution in [1.29, 1.82) is 0 Å². The number of unbranched alkanes of at least 4 members (excludes halogenated alkanes) is 2.